The number of hydrazine groups is 1. The molecule has 0 aliphatic carbocycles. The maximum atomic E-state index is 7.35. The maximum Gasteiger partial charge on any atom is 0.187 e. The van der Waals surface area contributed by atoms with Gasteiger partial charge in [-0.15, -0.1) is 5.17 Å². The summed E-state index contributed by atoms with van der Waals surface area (Å²) in [5.74, 6) is 0.491. The zero-order valence-electron chi connectivity index (χ0n) is 21.4. The summed E-state index contributed by atoms with van der Waals surface area (Å²) in [6.07, 6.45) is 8.57. The fourth-order valence-electron chi connectivity index (χ4n) is 6.08. The molecule has 3 saturated heterocycles. The van der Waals surface area contributed by atoms with Crippen molar-refractivity contribution in [2.24, 2.45) is 4.99 Å². The molecule has 4 aliphatic heterocycles. The lowest BCUT2D eigenvalue weighted by Gasteiger charge is -2.61. The summed E-state index contributed by atoms with van der Waals surface area (Å²) in [7, 11) is 0. The first-order valence-corrected chi connectivity index (χ1v) is 13.3. The van der Waals surface area contributed by atoms with E-state index in [-0.39, 0.29) is 0 Å². The number of nitrogens with zero attached hydrogens (tertiary/aromatic N) is 9. The van der Waals surface area contributed by atoms with Gasteiger partial charge in [0.2, 0.25) is 0 Å². The van der Waals surface area contributed by atoms with Gasteiger partial charge in [-0.2, -0.15) is 15.2 Å². The molecule has 1 N–H and O–H groups in total. The minimum absolute atomic E-state index is 0.428. The normalized spacial score (nSPS) is 31.7. The van der Waals surface area contributed by atoms with Crippen molar-refractivity contribution in [2.75, 3.05) is 45.9 Å². The number of hydrogen-bond donors (Lipinski definition) is 1. The Bertz CT molecular complexity index is 1240. The Morgan fingerprint density at radius 1 is 0.923 bits per heavy atom. The van der Waals surface area contributed by atoms with Crippen molar-refractivity contribution in [1.82, 2.24) is 45.5 Å². The number of aliphatic imine (C=N–C) groups is 1. The number of hydrogen-bond acceptors (Lipinski definition) is 13. The summed E-state index contributed by atoms with van der Waals surface area (Å²) in [5.41, 5.74) is -1.46. The molecule has 7 rings (SSSR count). The Kier molecular flexibility index (Phi) is 6.46. The van der Waals surface area contributed by atoms with E-state index in [1.54, 1.807) is 30.9 Å². The molecular weight excluding hydrogens is 500 g/mol. The highest BCUT2D eigenvalue weighted by Crippen LogP contribution is 2.56. The second kappa shape index (κ2) is 10.3. The SMILES string of the molecule is C1=NCCN1C1CN(N2CCCO2)C(c2ncccn2)(C2NCCO2)C(c2ccccn2)(c2cccnn2)O1. The van der Waals surface area contributed by atoms with Crippen LogP contribution in [0.25, 0.3) is 0 Å². The van der Waals surface area contributed by atoms with E-state index < -0.39 is 23.6 Å². The van der Waals surface area contributed by atoms with E-state index in [2.05, 4.69) is 30.4 Å². The van der Waals surface area contributed by atoms with Crippen molar-refractivity contribution in [3.63, 3.8) is 0 Å². The number of ether oxygens (including phenoxy) is 2. The zero-order valence-corrected chi connectivity index (χ0v) is 21.4. The molecule has 4 atom stereocenters. The van der Waals surface area contributed by atoms with E-state index in [0.717, 1.165) is 13.0 Å². The van der Waals surface area contributed by atoms with Gasteiger partial charge >= 0.3 is 0 Å². The third kappa shape index (κ3) is 3.84. The zero-order chi connectivity index (χ0) is 26.1. The van der Waals surface area contributed by atoms with Crippen LogP contribution in [0.4, 0.5) is 0 Å². The molecule has 4 aliphatic rings. The van der Waals surface area contributed by atoms with Gasteiger partial charge in [-0.3, -0.25) is 20.1 Å². The molecule has 0 bridgehead atoms. The standard InChI is InChI=1S/C26H30N10O3/c1-2-8-28-20(6-1)26(21-7-3-11-32-33-21)25(24-31-13-17-37-24,23-29-9-4-10-30-23)35(36-14-5-16-38-36)18-22(39-26)34-15-12-27-19-34/h1-4,6-11,19,22,24,31H,5,12-18H2. The molecule has 3 fully saturated rings. The summed E-state index contributed by atoms with van der Waals surface area (Å²) in [6.45, 7) is 4.29. The van der Waals surface area contributed by atoms with E-state index in [1.807, 2.05) is 41.8 Å². The minimum Gasteiger partial charge on any atom is -0.359 e. The van der Waals surface area contributed by atoms with Gasteiger partial charge in [0.05, 0.1) is 38.3 Å². The number of morpholine rings is 1. The van der Waals surface area contributed by atoms with Crippen LogP contribution in [-0.2, 0) is 25.5 Å². The first-order valence-electron chi connectivity index (χ1n) is 13.3. The van der Waals surface area contributed by atoms with E-state index in [4.69, 9.17) is 29.3 Å². The Labute approximate surface area is 225 Å². The Morgan fingerprint density at radius 2 is 1.82 bits per heavy atom. The average Bonchev–Trinajstić information content (AvgIpc) is 3.82. The van der Waals surface area contributed by atoms with Gasteiger partial charge < -0.3 is 14.4 Å². The quantitative estimate of drug-likeness (QED) is 0.471. The van der Waals surface area contributed by atoms with Crippen LogP contribution in [0.15, 0.2) is 66.2 Å². The van der Waals surface area contributed by atoms with Crippen LogP contribution in [-0.4, -0.2) is 105 Å². The van der Waals surface area contributed by atoms with Crippen LogP contribution in [0.2, 0.25) is 0 Å². The molecule has 13 heteroatoms. The van der Waals surface area contributed by atoms with Gasteiger partial charge in [-0.05, 0) is 36.8 Å². The lowest BCUT2D eigenvalue weighted by Crippen LogP contribution is -2.78. The summed E-state index contributed by atoms with van der Waals surface area (Å²) in [6, 6.07) is 11.3. The second-order valence-corrected chi connectivity index (χ2v) is 9.73. The van der Waals surface area contributed by atoms with Crippen molar-refractivity contribution in [1.29, 1.82) is 0 Å². The molecule has 0 saturated carbocycles. The molecule has 0 radical (unpaired) electrons. The van der Waals surface area contributed by atoms with Crippen molar-refractivity contribution >= 4 is 6.34 Å². The number of rotatable bonds is 6. The van der Waals surface area contributed by atoms with Crippen molar-refractivity contribution in [3.8, 4) is 0 Å². The van der Waals surface area contributed by atoms with Gasteiger partial charge in [0.25, 0.3) is 0 Å². The molecule has 3 aromatic rings. The predicted molar refractivity (Wildman–Crippen MR) is 137 cm³/mol. The van der Waals surface area contributed by atoms with Crippen LogP contribution in [0.1, 0.15) is 23.6 Å². The third-order valence-electron chi connectivity index (χ3n) is 7.64. The van der Waals surface area contributed by atoms with E-state index in [1.165, 1.54) is 0 Å². The van der Waals surface area contributed by atoms with Crippen LogP contribution in [0, 0.1) is 0 Å². The van der Waals surface area contributed by atoms with Gasteiger partial charge in [0.15, 0.2) is 17.0 Å². The van der Waals surface area contributed by atoms with Crippen LogP contribution in [0.5, 0.6) is 0 Å². The smallest absolute Gasteiger partial charge is 0.187 e. The van der Waals surface area contributed by atoms with Crippen molar-refractivity contribution in [2.45, 2.75) is 30.0 Å². The highest BCUT2D eigenvalue weighted by Gasteiger charge is 2.73. The van der Waals surface area contributed by atoms with Gasteiger partial charge in [-0.1, -0.05) is 6.07 Å². The molecule has 39 heavy (non-hydrogen) atoms. The summed E-state index contributed by atoms with van der Waals surface area (Å²) < 4.78 is 13.8. The second-order valence-electron chi connectivity index (χ2n) is 9.73. The molecule has 4 unspecified atom stereocenters. The molecular formula is C26H30N10O3. The predicted octanol–water partition coefficient (Wildman–Crippen LogP) is 0.301. The number of aromatic nitrogens is 5. The summed E-state index contributed by atoms with van der Waals surface area (Å²) in [5, 5.41) is 16.6. The van der Waals surface area contributed by atoms with E-state index in [9.17, 15) is 0 Å². The highest BCUT2D eigenvalue weighted by molar-refractivity contribution is 5.57. The Morgan fingerprint density at radius 3 is 2.51 bits per heavy atom. The summed E-state index contributed by atoms with van der Waals surface area (Å²) in [4.78, 5) is 27.5. The molecule has 202 valence electrons. The minimum atomic E-state index is -1.39. The first-order chi connectivity index (χ1) is 19.3. The molecule has 7 heterocycles. The largest absolute Gasteiger partial charge is 0.359 e. The molecule has 3 aromatic heterocycles. The monoisotopic (exact) mass is 530 g/mol. The topological polar surface area (TPSA) is 126 Å². The summed E-state index contributed by atoms with van der Waals surface area (Å²) >= 11 is 0. The van der Waals surface area contributed by atoms with Crippen molar-refractivity contribution < 1.29 is 14.3 Å². The number of nitrogens with one attached hydrogen (secondary N) is 1. The van der Waals surface area contributed by atoms with Crippen LogP contribution in [0.3, 0.4) is 0 Å². The third-order valence-corrected chi connectivity index (χ3v) is 7.64. The lowest BCUT2D eigenvalue weighted by molar-refractivity contribution is -0.385. The fraction of sp³-hybridized carbons (Fsp3) is 0.462. The molecule has 0 amide bonds. The highest BCUT2D eigenvalue weighted by atomic mass is 16.7. The maximum absolute atomic E-state index is 7.35. The van der Waals surface area contributed by atoms with Crippen LogP contribution >= 0.6 is 0 Å². The van der Waals surface area contributed by atoms with Crippen LogP contribution < -0.4 is 5.32 Å². The number of pyridine rings is 1. The molecule has 0 aromatic carbocycles. The van der Waals surface area contributed by atoms with E-state index in [0.29, 0.717) is 56.6 Å². The average molecular weight is 531 g/mol. The van der Waals surface area contributed by atoms with E-state index >= 15 is 0 Å². The fourth-order valence-corrected chi connectivity index (χ4v) is 6.08. The Hall–Kier alpha value is -3.46. The van der Waals surface area contributed by atoms with Gasteiger partial charge in [0, 0.05) is 44.4 Å². The Balaban J connectivity index is 1.58. The van der Waals surface area contributed by atoms with Gasteiger partial charge in [0.1, 0.15) is 18.1 Å². The van der Waals surface area contributed by atoms with Crippen molar-refractivity contribution in [3.05, 3.63) is 78.4 Å². The molecule has 0 spiro atoms. The first kappa shape index (κ1) is 24.6. The number of hydroxylamine groups is 1. The molecule has 13 nitrogen and oxygen atoms in total. The van der Waals surface area contributed by atoms with Gasteiger partial charge in [-0.25, -0.2) is 9.97 Å². The lowest BCUT2D eigenvalue weighted by atomic mass is 9.70.